The lowest BCUT2D eigenvalue weighted by molar-refractivity contribution is 1.03. The number of rotatable bonds is 1. The van der Waals surface area contributed by atoms with Gasteiger partial charge in [-0.2, -0.15) is 0 Å². The molecule has 0 saturated carbocycles. The van der Waals surface area contributed by atoms with Gasteiger partial charge in [-0.3, -0.25) is 0 Å². The maximum atomic E-state index is 6.39. The fourth-order valence-corrected chi connectivity index (χ4v) is 0.552. The number of nitrogens with one attached hydrogen (secondary N) is 1. The molecule has 7 heavy (non-hydrogen) atoms. The Labute approximate surface area is 43.7 Å². The number of hydrogen-bond donors (Lipinski definition) is 1. The molecule has 0 unspecified atom stereocenters. The lowest BCUT2D eigenvalue weighted by Gasteiger charge is -1.65. The summed E-state index contributed by atoms with van der Waals surface area (Å²) in [7, 11) is 0. The molecule has 0 fully saturated rings. The summed E-state index contributed by atoms with van der Waals surface area (Å²) in [6.45, 7) is 0. The van der Waals surface area contributed by atoms with Gasteiger partial charge in [0.15, 0.2) is 0 Å². The van der Waals surface area contributed by atoms with Gasteiger partial charge in [-0.1, -0.05) is 11.3 Å². The fraction of sp³-hybridized carbons (Fsp3) is 0. The highest BCUT2D eigenvalue weighted by atomic mass is 32.1. The van der Waals surface area contributed by atoms with E-state index in [1.165, 1.54) is 16.8 Å². The van der Waals surface area contributed by atoms with E-state index in [4.69, 9.17) is 5.53 Å². The largest absolute Gasteiger partial charge is 0.250 e. The molecule has 0 spiro atoms. The van der Waals surface area contributed by atoms with E-state index in [0.29, 0.717) is 5.13 Å². The molecule has 0 atom stereocenters. The molecule has 0 aliphatic heterocycles. The summed E-state index contributed by atoms with van der Waals surface area (Å²) >= 11 is 1.25. The molecule has 1 heterocycles. The Kier molecular flexibility index (Phi) is 1.08. The molecular formula is C2H2N4S. The number of nitrogens with zero attached hydrogens (tertiary/aromatic N) is 3. The van der Waals surface area contributed by atoms with E-state index in [-0.39, 0.29) is 0 Å². The van der Waals surface area contributed by atoms with Gasteiger partial charge in [-0.15, -0.1) is 15.3 Å². The summed E-state index contributed by atoms with van der Waals surface area (Å²) in [5.41, 5.74) is 7.93. The standard InChI is InChI=1S/C2H2N4S/c3-5-2-6-4-1-7-2/h1,3H. The zero-order valence-electron chi connectivity index (χ0n) is 3.33. The third-order valence-electron chi connectivity index (χ3n) is 0.444. The van der Waals surface area contributed by atoms with Crippen LogP contribution in [0.3, 0.4) is 0 Å². The molecule has 5 heteroatoms. The average Bonchev–Trinajstić information content (AvgIpc) is 2.14. The van der Waals surface area contributed by atoms with Crippen molar-refractivity contribution in [2.24, 2.45) is 5.11 Å². The van der Waals surface area contributed by atoms with Crippen molar-refractivity contribution >= 4 is 16.5 Å². The lowest BCUT2D eigenvalue weighted by atomic mass is 11.3. The highest BCUT2D eigenvalue weighted by Crippen LogP contribution is 2.10. The molecule has 1 rings (SSSR count). The van der Waals surface area contributed by atoms with Gasteiger partial charge in [0.2, 0.25) is 0 Å². The molecule has 0 aliphatic carbocycles. The first-order valence-corrected chi connectivity index (χ1v) is 2.45. The summed E-state index contributed by atoms with van der Waals surface area (Å²) in [6, 6.07) is 0. The summed E-state index contributed by atoms with van der Waals surface area (Å²) in [6.07, 6.45) is 0. The Morgan fingerprint density at radius 1 is 1.86 bits per heavy atom. The van der Waals surface area contributed by atoms with Gasteiger partial charge in [-0.05, 0) is 0 Å². The summed E-state index contributed by atoms with van der Waals surface area (Å²) in [4.78, 5) is 0. The van der Waals surface area contributed by atoms with Crippen LogP contribution in [0.2, 0.25) is 0 Å². The van der Waals surface area contributed by atoms with Gasteiger partial charge in [0.05, 0.1) is 0 Å². The van der Waals surface area contributed by atoms with Gasteiger partial charge in [0.1, 0.15) is 5.51 Å². The zero-order chi connectivity index (χ0) is 5.11. The van der Waals surface area contributed by atoms with Crippen molar-refractivity contribution < 1.29 is 0 Å². The second-order valence-electron chi connectivity index (χ2n) is 0.833. The molecule has 0 saturated heterocycles. The van der Waals surface area contributed by atoms with Crippen LogP contribution >= 0.6 is 11.3 Å². The average molecular weight is 114 g/mol. The number of aromatic nitrogens is 2. The van der Waals surface area contributed by atoms with E-state index in [9.17, 15) is 0 Å². The molecule has 0 bridgehead atoms. The van der Waals surface area contributed by atoms with Crippen molar-refractivity contribution in [2.45, 2.75) is 0 Å². The van der Waals surface area contributed by atoms with Crippen LogP contribution < -0.4 is 0 Å². The predicted molar refractivity (Wildman–Crippen MR) is 24.7 cm³/mol. The molecular weight excluding hydrogens is 112 g/mol. The molecule has 0 radical (unpaired) electrons. The first-order chi connectivity index (χ1) is 3.43. The molecule has 4 nitrogen and oxygen atoms in total. The molecule has 0 amide bonds. The van der Waals surface area contributed by atoms with Gasteiger partial charge in [0, 0.05) is 0 Å². The summed E-state index contributed by atoms with van der Waals surface area (Å²) in [5.74, 6) is 0. The minimum atomic E-state index is 0.403. The van der Waals surface area contributed by atoms with Crippen LogP contribution in [0.15, 0.2) is 10.6 Å². The van der Waals surface area contributed by atoms with E-state index in [2.05, 4.69) is 15.3 Å². The second-order valence-corrected chi connectivity index (χ2v) is 1.64. The van der Waals surface area contributed by atoms with Crippen LogP contribution in [-0.2, 0) is 0 Å². The molecule has 1 aromatic rings. The van der Waals surface area contributed by atoms with E-state index >= 15 is 0 Å². The van der Waals surface area contributed by atoms with E-state index in [1.807, 2.05) is 0 Å². The summed E-state index contributed by atoms with van der Waals surface area (Å²) in [5, 5.41) is 10.3. The van der Waals surface area contributed by atoms with Gasteiger partial charge >= 0.3 is 0 Å². The minimum Gasteiger partial charge on any atom is -0.202 e. The van der Waals surface area contributed by atoms with E-state index in [1.54, 1.807) is 0 Å². The quantitative estimate of drug-likeness (QED) is 0.557. The first-order valence-electron chi connectivity index (χ1n) is 1.57. The minimum absolute atomic E-state index is 0.403. The highest BCUT2D eigenvalue weighted by molar-refractivity contribution is 7.12. The number of hydrogen-bond acceptors (Lipinski definition) is 5. The monoisotopic (exact) mass is 114 g/mol. The topological polar surface area (TPSA) is 62.0 Å². The van der Waals surface area contributed by atoms with E-state index in [0.717, 1.165) is 0 Å². The first kappa shape index (κ1) is 4.32. The normalized spacial score (nSPS) is 8.57. The second kappa shape index (κ2) is 1.74. The third-order valence-corrected chi connectivity index (χ3v) is 1.03. The summed E-state index contributed by atoms with van der Waals surface area (Å²) < 4.78 is 0. The lowest BCUT2D eigenvalue weighted by Crippen LogP contribution is -1.58. The van der Waals surface area contributed by atoms with Crippen molar-refractivity contribution in [1.82, 2.24) is 10.2 Å². The van der Waals surface area contributed by atoms with E-state index < -0.39 is 0 Å². The Bertz CT molecular complexity index is 145. The Morgan fingerprint density at radius 2 is 2.71 bits per heavy atom. The van der Waals surface area contributed by atoms with Crippen LogP contribution in [-0.4, -0.2) is 10.2 Å². The third kappa shape index (κ3) is 0.774. The van der Waals surface area contributed by atoms with Crippen LogP contribution in [0.1, 0.15) is 0 Å². The Hall–Kier alpha value is -0.840. The molecule has 0 aromatic carbocycles. The van der Waals surface area contributed by atoms with Crippen molar-refractivity contribution in [1.29, 1.82) is 5.53 Å². The van der Waals surface area contributed by atoms with Crippen LogP contribution in [0.5, 0.6) is 0 Å². The SMILES string of the molecule is N=Nc1nncs1. The zero-order valence-corrected chi connectivity index (χ0v) is 4.14. The molecule has 36 valence electrons. The van der Waals surface area contributed by atoms with Gasteiger partial charge in [0.25, 0.3) is 5.13 Å². The van der Waals surface area contributed by atoms with Crippen LogP contribution in [0, 0.1) is 5.53 Å². The van der Waals surface area contributed by atoms with Gasteiger partial charge < -0.3 is 0 Å². The smallest absolute Gasteiger partial charge is 0.202 e. The van der Waals surface area contributed by atoms with Crippen molar-refractivity contribution in [2.75, 3.05) is 0 Å². The van der Waals surface area contributed by atoms with Crippen molar-refractivity contribution in [3.8, 4) is 0 Å². The molecule has 1 aromatic heterocycles. The Morgan fingerprint density at radius 3 is 3.00 bits per heavy atom. The molecule has 0 aliphatic rings. The Balaban J connectivity index is 2.96. The van der Waals surface area contributed by atoms with Crippen LogP contribution in [0.4, 0.5) is 5.13 Å². The van der Waals surface area contributed by atoms with Crippen molar-refractivity contribution in [3.63, 3.8) is 0 Å². The van der Waals surface area contributed by atoms with Gasteiger partial charge in [-0.25, -0.2) is 5.53 Å². The predicted octanol–water partition coefficient (Wildman–Crippen LogP) is 1.20. The maximum absolute atomic E-state index is 6.39. The maximum Gasteiger partial charge on any atom is 0.250 e. The van der Waals surface area contributed by atoms with Crippen molar-refractivity contribution in [3.05, 3.63) is 5.51 Å². The molecule has 1 N–H and O–H groups in total. The highest BCUT2D eigenvalue weighted by Gasteiger charge is 1.85. The van der Waals surface area contributed by atoms with Crippen LogP contribution in [0.25, 0.3) is 0 Å². The fourth-order valence-electron chi connectivity index (χ4n) is 0.216.